The van der Waals surface area contributed by atoms with Gasteiger partial charge in [0.2, 0.25) is 0 Å². The summed E-state index contributed by atoms with van der Waals surface area (Å²) >= 11 is 0. The van der Waals surface area contributed by atoms with Gasteiger partial charge in [0.25, 0.3) is 6.71 Å². The highest BCUT2D eigenvalue weighted by molar-refractivity contribution is 7.00. The second kappa shape index (κ2) is 16.0. The number of hydrogen-bond acceptors (Lipinski definition) is 3. The molecule has 3 heterocycles. The van der Waals surface area contributed by atoms with Crippen molar-refractivity contribution in [3.63, 3.8) is 0 Å². The molecular formula is C74H78BN3. The SMILES string of the molecule is CC(C)(C)c1ccc2c(c1)B1c3cc(C(C)(C)C)ccc3N(c3cccc4c3-c3ccccc3C4(C)C)c3cc(N4c5ccc(C(C)(C)C)cc5C5(C)CCCCC45C)cc(c31)N2c1ccc2c(c1)-c1ccccc1C2(C)C. The third kappa shape index (κ3) is 6.58. The normalized spacial score (nSPS) is 20.8. The molecule has 0 amide bonds. The first-order valence-electron chi connectivity index (χ1n) is 29.3. The zero-order chi connectivity index (χ0) is 54.6. The maximum Gasteiger partial charge on any atom is 0.252 e. The van der Waals surface area contributed by atoms with Crippen molar-refractivity contribution in [2.24, 2.45) is 0 Å². The lowest BCUT2D eigenvalue weighted by molar-refractivity contribution is 0.195. The maximum atomic E-state index is 2.85. The molecule has 0 saturated heterocycles. The third-order valence-electron chi connectivity index (χ3n) is 20.7. The fourth-order valence-electron chi connectivity index (χ4n) is 16.0. The fourth-order valence-corrected chi connectivity index (χ4v) is 16.0. The van der Waals surface area contributed by atoms with Crippen LogP contribution >= 0.6 is 0 Å². The lowest BCUT2D eigenvalue weighted by atomic mass is 9.33. The number of fused-ring (bicyclic) bond motifs is 13. The van der Waals surface area contributed by atoms with Gasteiger partial charge < -0.3 is 14.7 Å². The Bertz CT molecular complexity index is 3890. The largest absolute Gasteiger partial charge is 0.334 e. The molecule has 0 radical (unpaired) electrons. The summed E-state index contributed by atoms with van der Waals surface area (Å²) < 4.78 is 0. The molecule has 1 fully saturated rings. The van der Waals surface area contributed by atoms with Gasteiger partial charge in [0.05, 0.1) is 11.2 Å². The van der Waals surface area contributed by atoms with Gasteiger partial charge in [0.1, 0.15) is 0 Å². The molecule has 0 N–H and O–H groups in total. The van der Waals surface area contributed by atoms with E-state index >= 15 is 0 Å². The second-order valence-corrected chi connectivity index (χ2v) is 28.9. The Morgan fingerprint density at radius 2 is 0.897 bits per heavy atom. The Kier molecular flexibility index (Phi) is 10.1. The van der Waals surface area contributed by atoms with E-state index in [1.807, 2.05) is 0 Å². The molecule has 4 heteroatoms. The quantitative estimate of drug-likeness (QED) is 0.163. The molecule has 0 aromatic heterocycles. The summed E-state index contributed by atoms with van der Waals surface area (Å²) in [6, 6.07) is 60.9. The van der Waals surface area contributed by atoms with Crippen molar-refractivity contribution in [2.45, 2.75) is 168 Å². The zero-order valence-electron chi connectivity index (χ0n) is 49.2. The van der Waals surface area contributed by atoms with Gasteiger partial charge in [-0.25, -0.2) is 0 Å². The van der Waals surface area contributed by atoms with Crippen LogP contribution in [0.1, 0.15) is 174 Å². The number of rotatable bonds is 3. The Morgan fingerprint density at radius 3 is 1.54 bits per heavy atom. The zero-order valence-corrected chi connectivity index (χ0v) is 49.2. The number of benzene rings is 8. The first kappa shape index (κ1) is 49.5. The summed E-state index contributed by atoms with van der Waals surface area (Å²) in [5.74, 6) is 0. The first-order valence-corrected chi connectivity index (χ1v) is 29.3. The van der Waals surface area contributed by atoms with Crippen molar-refractivity contribution in [2.75, 3.05) is 14.7 Å². The Labute approximate surface area is 466 Å². The highest BCUT2D eigenvalue weighted by Gasteiger charge is 2.58. The monoisotopic (exact) mass is 1020 g/mol. The van der Waals surface area contributed by atoms with Gasteiger partial charge in [0.15, 0.2) is 0 Å². The topological polar surface area (TPSA) is 9.72 Å². The van der Waals surface area contributed by atoms with E-state index in [0.717, 1.165) is 6.42 Å². The van der Waals surface area contributed by atoms with Gasteiger partial charge in [-0.1, -0.05) is 213 Å². The van der Waals surface area contributed by atoms with Crippen LogP contribution in [-0.4, -0.2) is 12.3 Å². The van der Waals surface area contributed by atoms with E-state index in [1.165, 1.54) is 148 Å². The highest BCUT2D eigenvalue weighted by Crippen LogP contribution is 2.63. The van der Waals surface area contributed by atoms with E-state index in [9.17, 15) is 0 Å². The van der Waals surface area contributed by atoms with Crippen molar-refractivity contribution >= 4 is 68.6 Å². The minimum absolute atomic E-state index is 0.0311. The molecule has 1 saturated carbocycles. The van der Waals surface area contributed by atoms with E-state index in [-0.39, 0.29) is 44.7 Å². The van der Waals surface area contributed by atoms with Crippen molar-refractivity contribution in [3.05, 3.63) is 196 Å². The standard InChI is InChI=1S/C74H78BN3/c1-68(2,3)45-29-34-60-57(39-45)73(14)37-20-21-38-74(73,15)78(60)49-43-64-67-65(44-49)77(63-28-22-27-56-66(63)51-24-17-19-26-54(51)72(56,12)13)62-36-31-47(70(7,8)9)41-59(62)75(67)58-40-46(69(4,5)6)30-35-61(58)76(64)48-32-33-55-52(42-48)50-23-16-18-25-53(50)71(55,10)11/h16-19,22-36,39-44H,20-21,37-38H2,1-15H3. The van der Waals surface area contributed by atoms with Gasteiger partial charge in [0, 0.05) is 61.6 Å². The van der Waals surface area contributed by atoms with Crippen LogP contribution in [0.15, 0.2) is 152 Å². The summed E-state index contributed by atoms with van der Waals surface area (Å²) in [7, 11) is 0. The van der Waals surface area contributed by atoms with Crippen LogP contribution in [0.25, 0.3) is 22.3 Å². The molecule has 8 aromatic carbocycles. The van der Waals surface area contributed by atoms with Crippen molar-refractivity contribution in [3.8, 4) is 22.3 Å². The highest BCUT2D eigenvalue weighted by atomic mass is 15.3. The van der Waals surface area contributed by atoms with Gasteiger partial charge in [-0.2, -0.15) is 0 Å². The average molecular weight is 1020 g/mol. The molecule has 2 atom stereocenters. The third-order valence-corrected chi connectivity index (χ3v) is 20.7. The van der Waals surface area contributed by atoms with Crippen LogP contribution in [0.5, 0.6) is 0 Å². The van der Waals surface area contributed by atoms with Crippen LogP contribution in [0.2, 0.25) is 0 Å². The maximum absolute atomic E-state index is 2.85. The molecule has 14 rings (SSSR count). The summed E-state index contributed by atoms with van der Waals surface area (Å²) in [6.07, 6.45) is 4.75. The Morgan fingerprint density at radius 1 is 0.385 bits per heavy atom. The Hall–Kier alpha value is -6.78. The van der Waals surface area contributed by atoms with Crippen molar-refractivity contribution < 1.29 is 0 Å². The molecule has 3 aliphatic carbocycles. The molecule has 0 bridgehead atoms. The van der Waals surface area contributed by atoms with E-state index in [2.05, 4.69) is 270 Å². The van der Waals surface area contributed by atoms with Crippen molar-refractivity contribution in [1.29, 1.82) is 0 Å². The van der Waals surface area contributed by atoms with E-state index in [4.69, 9.17) is 0 Å². The van der Waals surface area contributed by atoms with Crippen LogP contribution in [-0.2, 0) is 32.5 Å². The molecule has 3 aliphatic heterocycles. The molecule has 6 aliphatic rings. The Balaban J connectivity index is 1.13. The lowest BCUT2D eigenvalue weighted by Gasteiger charge is -2.51. The fraction of sp³-hybridized carbons (Fsp3) is 0.351. The minimum Gasteiger partial charge on any atom is -0.334 e. The summed E-state index contributed by atoms with van der Waals surface area (Å²) in [4.78, 5) is 8.28. The van der Waals surface area contributed by atoms with Crippen LogP contribution in [0, 0.1) is 0 Å². The van der Waals surface area contributed by atoms with Gasteiger partial charge in [-0.05, 0) is 162 Å². The molecule has 78 heavy (non-hydrogen) atoms. The number of hydrogen-bond donors (Lipinski definition) is 0. The molecule has 8 aromatic rings. The predicted molar refractivity (Wildman–Crippen MR) is 334 cm³/mol. The summed E-state index contributed by atoms with van der Waals surface area (Å²) in [5.41, 5.74) is 30.3. The average Bonchev–Trinajstić information content (AvgIpc) is 3.94. The van der Waals surface area contributed by atoms with Crippen LogP contribution < -0.4 is 31.1 Å². The lowest BCUT2D eigenvalue weighted by Crippen LogP contribution is -2.62. The number of nitrogens with zero attached hydrogens (tertiary/aromatic N) is 3. The molecule has 392 valence electrons. The first-order chi connectivity index (χ1) is 36.8. The molecule has 3 nitrogen and oxygen atoms in total. The van der Waals surface area contributed by atoms with Crippen LogP contribution in [0.4, 0.5) is 45.5 Å². The molecule has 0 spiro atoms. The summed E-state index contributed by atoms with van der Waals surface area (Å²) in [6.45, 7) is 36.2. The second-order valence-electron chi connectivity index (χ2n) is 28.9. The molecular weight excluding hydrogens is 942 g/mol. The summed E-state index contributed by atoms with van der Waals surface area (Å²) in [5, 5.41) is 0. The van der Waals surface area contributed by atoms with Gasteiger partial charge in [-0.3, -0.25) is 0 Å². The van der Waals surface area contributed by atoms with E-state index < -0.39 is 0 Å². The molecule has 2 unspecified atom stereocenters. The van der Waals surface area contributed by atoms with Gasteiger partial charge >= 0.3 is 0 Å². The van der Waals surface area contributed by atoms with E-state index in [1.54, 1.807) is 0 Å². The van der Waals surface area contributed by atoms with Gasteiger partial charge in [-0.15, -0.1) is 0 Å². The van der Waals surface area contributed by atoms with E-state index in [0.29, 0.717) is 0 Å². The predicted octanol–water partition coefficient (Wildman–Crippen LogP) is 18.0. The van der Waals surface area contributed by atoms with Crippen molar-refractivity contribution in [1.82, 2.24) is 0 Å². The smallest absolute Gasteiger partial charge is 0.252 e. The van der Waals surface area contributed by atoms with Crippen LogP contribution in [0.3, 0.4) is 0 Å². The minimum atomic E-state index is -0.164. The number of anilines is 8.